The molecule has 1 nitrogen and oxygen atoms in total. The van der Waals surface area contributed by atoms with E-state index >= 15 is 0 Å². The molecular formula is C12H16BrNS. The first-order valence-corrected chi connectivity index (χ1v) is 7.20. The summed E-state index contributed by atoms with van der Waals surface area (Å²) < 4.78 is 1.24. The van der Waals surface area contributed by atoms with Crippen molar-refractivity contribution < 1.29 is 0 Å². The van der Waals surface area contributed by atoms with Crippen LogP contribution in [-0.4, -0.2) is 23.6 Å². The first-order valence-electron chi connectivity index (χ1n) is 5.36. The molecule has 1 N–H and O–H groups in total. The van der Waals surface area contributed by atoms with E-state index in [1.165, 1.54) is 15.8 Å². The van der Waals surface area contributed by atoms with Gasteiger partial charge in [-0.2, -0.15) is 11.8 Å². The maximum Gasteiger partial charge on any atom is 0.0239 e. The number of hydrogen-bond donors (Lipinski definition) is 1. The average Bonchev–Trinajstić information content (AvgIpc) is 2.24. The molecule has 15 heavy (non-hydrogen) atoms. The first kappa shape index (κ1) is 11.5. The third-order valence-electron chi connectivity index (χ3n) is 2.84. The van der Waals surface area contributed by atoms with Gasteiger partial charge in [-0.15, -0.1) is 0 Å². The zero-order valence-corrected chi connectivity index (χ0v) is 11.3. The molecule has 0 spiro atoms. The van der Waals surface area contributed by atoms with Crippen LogP contribution >= 0.6 is 27.7 Å². The fraction of sp³-hybridized carbons (Fsp3) is 0.500. The molecule has 0 aromatic heterocycles. The van der Waals surface area contributed by atoms with Crippen molar-refractivity contribution in [2.75, 3.05) is 12.3 Å². The van der Waals surface area contributed by atoms with Crippen molar-refractivity contribution in [3.63, 3.8) is 0 Å². The maximum absolute atomic E-state index is 3.61. The third-order valence-corrected chi connectivity index (χ3v) is 5.05. The van der Waals surface area contributed by atoms with Crippen molar-refractivity contribution in [3.8, 4) is 0 Å². The SMILES string of the molecule is CC1NCCSC1Cc1ccccc1Br. The molecule has 2 atom stereocenters. The van der Waals surface area contributed by atoms with E-state index < -0.39 is 0 Å². The number of benzene rings is 1. The van der Waals surface area contributed by atoms with E-state index in [0.717, 1.165) is 13.0 Å². The van der Waals surface area contributed by atoms with Gasteiger partial charge in [0.1, 0.15) is 0 Å². The lowest BCUT2D eigenvalue weighted by atomic mass is 10.1. The standard InChI is InChI=1S/C12H16BrNS/c1-9-12(15-7-6-14-9)8-10-4-2-3-5-11(10)13/h2-5,9,12,14H,6-8H2,1H3. The van der Waals surface area contributed by atoms with Gasteiger partial charge < -0.3 is 5.32 Å². The lowest BCUT2D eigenvalue weighted by molar-refractivity contribution is 0.528. The Morgan fingerprint density at radius 1 is 1.47 bits per heavy atom. The van der Waals surface area contributed by atoms with E-state index in [1.807, 2.05) is 0 Å². The molecule has 1 aromatic rings. The van der Waals surface area contributed by atoms with Crippen molar-refractivity contribution in [2.24, 2.45) is 0 Å². The molecule has 2 rings (SSSR count). The van der Waals surface area contributed by atoms with E-state index in [0.29, 0.717) is 11.3 Å². The van der Waals surface area contributed by atoms with E-state index in [4.69, 9.17) is 0 Å². The molecule has 1 saturated heterocycles. The van der Waals surface area contributed by atoms with Crippen molar-refractivity contribution in [1.29, 1.82) is 0 Å². The Balaban J connectivity index is 2.04. The Labute approximate surface area is 104 Å². The summed E-state index contributed by atoms with van der Waals surface area (Å²) in [5, 5.41) is 4.24. The van der Waals surface area contributed by atoms with Crippen LogP contribution in [0.2, 0.25) is 0 Å². The van der Waals surface area contributed by atoms with E-state index in [1.54, 1.807) is 0 Å². The Bertz CT molecular complexity index is 329. The van der Waals surface area contributed by atoms with Crippen LogP contribution < -0.4 is 5.32 Å². The van der Waals surface area contributed by atoms with Crippen molar-refractivity contribution >= 4 is 27.7 Å². The molecule has 2 unspecified atom stereocenters. The van der Waals surface area contributed by atoms with E-state index in [9.17, 15) is 0 Å². The minimum Gasteiger partial charge on any atom is -0.312 e. The number of thioether (sulfide) groups is 1. The zero-order valence-electron chi connectivity index (χ0n) is 8.87. The predicted octanol–water partition coefficient (Wildman–Crippen LogP) is 3.09. The summed E-state index contributed by atoms with van der Waals surface area (Å²) in [4.78, 5) is 0. The van der Waals surface area contributed by atoms with Gasteiger partial charge in [0.2, 0.25) is 0 Å². The van der Waals surface area contributed by atoms with Crippen LogP contribution in [-0.2, 0) is 6.42 Å². The summed E-state index contributed by atoms with van der Waals surface area (Å²) in [6.07, 6.45) is 1.15. The quantitative estimate of drug-likeness (QED) is 0.896. The molecule has 1 aliphatic heterocycles. The van der Waals surface area contributed by atoms with Gasteiger partial charge in [-0.3, -0.25) is 0 Å². The smallest absolute Gasteiger partial charge is 0.0239 e. The lowest BCUT2D eigenvalue weighted by Gasteiger charge is -2.29. The average molecular weight is 286 g/mol. The zero-order chi connectivity index (χ0) is 10.7. The predicted molar refractivity (Wildman–Crippen MR) is 71.6 cm³/mol. The molecule has 82 valence electrons. The van der Waals surface area contributed by atoms with Crippen molar-refractivity contribution in [3.05, 3.63) is 34.3 Å². The summed E-state index contributed by atoms with van der Waals surface area (Å²) in [7, 11) is 0. The van der Waals surface area contributed by atoms with Crippen LogP contribution in [0.1, 0.15) is 12.5 Å². The maximum atomic E-state index is 3.61. The molecule has 1 aromatic carbocycles. The van der Waals surface area contributed by atoms with Gasteiger partial charge in [-0.25, -0.2) is 0 Å². The normalized spacial score (nSPS) is 26.5. The molecule has 1 heterocycles. The van der Waals surface area contributed by atoms with Crippen LogP contribution in [0.15, 0.2) is 28.7 Å². The van der Waals surface area contributed by atoms with E-state index in [-0.39, 0.29) is 0 Å². The second-order valence-electron chi connectivity index (χ2n) is 3.95. The Morgan fingerprint density at radius 2 is 2.27 bits per heavy atom. The molecular weight excluding hydrogens is 270 g/mol. The molecule has 3 heteroatoms. The fourth-order valence-corrected chi connectivity index (χ4v) is 3.56. The van der Waals surface area contributed by atoms with Gasteiger partial charge in [-0.1, -0.05) is 34.1 Å². The first-order chi connectivity index (χ1) is 7.27. The minimum absolute atomic E-state index is 0.621. The Morgan fingerprint density at radius 3 is 3.00 bits per heavy atom. The van der Waals surface area contributed by atoms with Gasteiger partial charge in [0, 0.05) is 28.1 Å². The lowest BCUT2D eigenvalue weighted by Crippen LogP contribution is -2.42. The van der Waals surface area contributed by atoms with Crippen LogP contribution in [0, 0.1) is 0 Å². The van der Waals surface area contributed by atoms with Crippen LogP contribution in [0.3, 0.4) is 0 Å². The van der Waals surface area contributed by atoms with Crippen molar-refractivity contribution in [2.45, 2.75) is 24.6 Å². The van der Waals surface area contributed by atoms with Gasteiger partial charge in [0.15, 0.2) is 0 Å². The Kier molecular flexibility index (Phi) is 4.12. The summed E-state index contributed by atoms with van der Waals surface area (Å²) in [6.45, 7) is 3.44. The second kappa shape index (κ2) is 5.37. The van der Waals surface area contributed by atoms with Gasteiger partial charge in [-0.05, 0) is 25.0 Å². The number of rotatable bonds is 2. The highest BCUT2D eigenvalue weighted by Gasteiger charge is 2.21. The molecule has 1 aliphatic rings. The Hall–Kier alpha value is 0.01000. The second-order valence-corrected chi connectivity index (χ2v) is 6.15. The minimum atomic E-state index is 0.621. The number of nitrogens with one attached hydrogen (secondary N) is 1. The highest BCUT2D eigenvalue weighted by Crippen LogP contribution is 2.26. The van der Waals surface area contributed by atoms with Crippen LogP contribution in [0.5, 0.6) is 0 Å². The van der Waals surface area contributed by atoms with Gasteiger partial charge in [0.05, 0.1) is 0 Å². The third kappa shape index (κ3) is 2.99. The number of hydrogen-bond acceptors (Lipinski definition) is 2. The molecule has 0 aliphatic carbocycles. The largest absolute Gasteiger partial charge is 0.312 e. The molecule has 0 amide bonds. The summed E-state index contributed by atoms with van der Waals surface area (Å²) >= 11 is 5.70. The van der Waals surface area contributed by atoms with Crippen molar-refractivity contribution in [1.82, 2.24) is 5.32 Å². The molecule has 1 fully saturated rings. The van der Waals surface area contributed by atoms with Gasteiger partial charge in [0.25, 0.3) is 0 Å². The van der Waals surface area contributed by atoms with Crippen LogP contribution in [0.25, 0.3) is 0 Å². The monoisotopic (exact) mass is 285 g/mol. The fourth-order valence-electron chi connectivity index (χ4n) is 1.89. The molecule has 0 bridgehead atoms. The van der Waals surface area contributed by atoms with E-state index in [2.05, 4.69) is 64.2 Å². The topological polar surface area (TPSA) is 12.0 Å². The number of halogens is 1. The summed E-state index contributed by atoms with van der Waals surface area (Å²) in [6, 6.07) is 9.15. The van der Waals surface area contributed by atoms with Crippen LogP contribution in [0.4, 0.5) is 0 Å². The molecule has 0 radical (unpaired) electrons. The summed E-state index contributed by atoms with van der Waals surface area (Å²) in [5.74, 6) is 1.24. The highest BCUT2D eigenvalue weighted by molar-refractivity contribution is 9.10. The molecule has 0 saturated carbocycles. The summed E-state index contributed by atoms with van der Waals surface area (Å²) in [5.41, 5.74) is 1.42. The van der Waals surface area contributed by atoms with Gasteiger partial charge >= 0.3 is 0 Å². The highest BCUT2D eigenvalue weighted by atomic mass is 79.9.